The standard InChI is InChI=1S/C22H21ClN6O2/c23-18-5-3-17(4-6-18)22-26-20(31-27-22)15-28-9-11-29(12-10-28)21(30)14-25-19-7-1-16(13-24)2-8-19/h1-8,25H,9-12,14-15H2. The molecular weight excluding hydrogens is 416 g/mol. The molecule has 0 bridgehead atoms. The van der Waals surface area contributed by atoms with Crippen molar-refractivity contribution in [1.82, 2.24) is 19.9 Å². The van der Waals surface area contributed by atoms with Crippen LogP contribution in [-0.4, -0.2) is 58.6 Å². The molecule has 1 saturated heterocycles. The van der Waals surface area contributed by atoms with Crippen molar-refractivity contribution in [1.29, 1.82) is 5.26 Å². The Bertz CT molecular complexity index is 1070. The van der Waals surface area contributed by atoms with Crippen LogP contribution < -0.4 is 5.32 Å². The fourth-order valence-electron chi connectivity index (χ4n) is 3.33. The van der Waals surface area contributed by atoms with Crippen LogP contribution in [0.15, 0.2) is 53.1 Å². The molecule has 1 amide bonds. The van der Waals surface area contributed by atoms with Crippen molar-refractivity contribution in [3.05, 3.63) is 65.0 Å². The third-order valence-electron chi connectivity index (χ3n) is 5.11. The fraction of sp³-hybridized carbons (Fsp3) is 0.273. The van der Waals surface area contributed by atoms with Crippen molar-refractivity contribution in [3.8, 4) is 17.5 Å². The second-order valence-electron chi connectivity index (χ2n) is 7.22. The Labute approximate surface area is 185 Å². The molecule has 3 aromatic rings. The van der Waals surface area contributed by atoms with E-state index in [0.29, 0.717) is 41.9 Å². The third-order valence-corrected chi connectivity index (χ3v) is 5.36. The van der Waals surface area contributed by atoms with Crippen molar-refractivity contribution in [2.75, 3.05) is 38.0 Å². The van der Waals surface area contributed by atoms with Gasteiger partial charge in [0.15, 0.2) is 0 Å². The molecule has 31 heavy (non-hydrogen) atoms. The molecule has 2 aromatic carbocycles. The van der Waals surface area contributed by atoms with E-state index >= 15 is 0 Å². The molecule has 0 aliphatic carbocycles. The summed E-state index contributed by atoms with van der Waals surface area (Å²) in [5, 5.41) is 16.7. The zero-order valence-corrected chi connectivity index (χ0v) is 17.5. The molecule has 158 valence electrons. The van der Waals surface area contributed by atoms with Gasteiger partial charge in [-0.05, 0) is 48.5 Å². The van der Waals surface area contributed by atoms with E-state index in [9.17, 15) is 4.79 Å². The number of carbonyl (C=O) groups is 1. The molecule has 0 radical (unpaired) electrons. The van der Waals surface area contributed by atoms with Crippen LogP contribution in [0.4, 0.5) is 5.69 Å². The highest BCUT2D eigenvalue weighted by Crippen LogP contribution is 2.19. The first-order chi connectivity index (χ1) is 15.1. The first kappa shape index (κ1) is 20.8. The molecule has 1 aromatic heterocycles. The highest BCUT2D eigenvalue weighted by Gasteiger charge is 2.22. The Morgan fingerprint density at radius 3 is 2.48 bits per heavy atom. The fourth-order valence-corrected chi connectivity index (χ4v) is 3.46. The average Bonchev–Trinajstić information content (AvgIpc) is 3.27. The summed E-state index contributed by atoms with van der Waals surface area (Å²) in [5.74, 6) is 1.13. The maximum absolute atomic E-state index is 12.5. The molecule has 0 atom stereocenters. The van der Waals surface area contributed by atoms with Gasteiger partial charge in [0.2, 0.25) is 17.6 Å². The molecule has 9 heteroatoms. The summed E-state index contributed by atoms with van der Waals surface area (Å²) in [4.78, 5) is 21.0. The van der Waals surface area contributed by atoms with E-state index in [1.807, 2.05) is 17.0 Å². The summed E-state index contributed by atoms with van der Waals surface area (Å²) in [7, 11) is 0. The number of nitriles is 1. The Kier molecular flexibility index (Phi) is 6.46. The number of piperazine rings is 1. The van der Waals surface area contributed by atoms with E-state index in [-0.39, 0.29) is 12.5 Å². The van der Waals surface area contributed by atoms with E-state index in [1.165, 1.54) is 0 Å². The summed E-state index contributed by atoms with van der Waals surface area (Å²) in [6, 6.07) is 16.4. The number of hydrogen-bond donors (Lipinski definition) is 1. The lowest BCUT2D eigenvalue weighted by Crippen LogP contribution is -2.49. The number of nitrogens with zero attached hydrogens (tertiary/aromatic N) is 5. The van der Waals surface area contributed by atoms with Crippen LogP contribution in [-0.2, 0) is 11.3 Å². The van der Waals surface area contributed by atoms with E-state index in [4.69, 9.17) is 21.4 Å². The largest absolute Gasteiger partial charge is 0.376 e. The molecule has 4 rings (SSSR count). The van der Waals surface area contributed by atoms with Crippen LogP contribution in [0.5, 0.6) is 0 Å². The molecule has 1 N–H and O–H groups in total. The monoisotopic (exact) mass is 436 g/mol. The van der Waals surface area contributed by atoms with Crippen LogP contribution in [0, 0.1) is 11.3 Å². The van der Waals surface area contributed by atoms with Gasteiger partial charge in [0.25, 0.3) is 0 Å². The minimum atomic E-state index is 0.0480. The molecule has 8 nitrogen and oxygen atoms in total. The normalized spacial score (nSPS) is 14.3. The van der Waals surface area contributed by atoms with E-state index in [0.717, 1.165) is 24.3 Å². The van der Waals surface area contributed by atoms with Gasteiger partial charge in [-0.1, -0.05) is 16.8 Å². The van der Waals surface area contributed by atoms with Crippen molar-refractivity contribution < 1.29 is 9.32 Å². The number of nitrogens with one attached hydrogen (secondary N) is 1. The number of aromatic nitrogens is 2. The number of rotatable bonds is 6. The van der Waals surface area contributed by atoms with E-state index in [2.05, 4.69) is 26.4 Å². The number of carbonyl (C=O) groups excluding carboxylic acids is 1. The summed E-state index contributed by atoms with van der Waals surface area (Å²) < 4.78 is 5.38. The van der Waals surface area contributed by atoms with Crippen molar-refractivity contribution in [3.63, 3.8) is 0 Å². The molecule has 2 heterocycles. The molecule has 0 unspecified atom stereocenters. The van der Waals surface area contributed by atoms with Gasteiger partial charge in [-0.2, -0.15) is 10.2 Å². The van der Waals surface area contributed by atoms with Gasteiger partial charge < -0.3 is 14.7 Å². The van der Waals surface area contributed by atoms with Crippen LogP contribution in [0.1, 0.15) is 11.5 Å². The maximum atomic E-state index is 12.5. The molecule has 0 spiro atoms. The van der Waals surface area contributed by atoms with Gasteiger partial charge in [0.05, 0.1) is 24.7 Å². The van der Waals surface area contributed by atoms with Gasteiger partial charge >= 0.3 is 0 Å². The van der Waals surface area contributed by atoms with Gasteiger partial charge in [0, 0.05) is 42.5 Å². The first-order valence-corrected chi connectivity index (χ1v) is 10.3. The van der Waals surface area contributed by atoms with Crippen LogP contribution >= 0.6 is 11.6 Å². The Balaban J connectivity index is 1.23. The molecule has 1 aliphatic heterocycles. The van der Waals surface area contributed by atoms with Crippen LogP contribution in [0.25, 0.3) is 11.4 Å². The average molecular weight is 437 g/mol. The second-order valence-corrected chi connectivity index (χ2v) is 7.65. The van der Waals surface area contributed by atoms with E-state index < -0.39 is 0 Å². The lowest BCUT2D eigenvalue weighted by atomic mass is 10.2. The Morgan fingerprint density at radius 2 is 1.81 bits per heavy atom. The van der Waals surface area contributed by atoms with E-state index in [1.54, 1.807) is 36.4 Å². The van der Waals surface area contributed by atoms with Gasteiger partial charge in [-0.3, -0.25) is 9.69 Å². The first-order valence-electron chi connectivity index (χ1n) is 9.93. The highest BCUT2D eigenvalue weighted by atomic mass is 35.5. The lowest BCUT2D eigenvalue weighted by molar-refractivity contribution is -0.131. The molecular formula is C22H21ClN6O2. The Morgan fingerprint density at radius 1 is 1.10 bits per heavy atom. The number of amides is 1. The molecule has 1 fully saturated rings. The minimum Gasteiger partial charge on any atom is -0.376 e. The summed E-state index contributed by atoms with van der Waals surface area (Å²) in [5.41, 5.74) is 2.26. The Hall–Kier alpha value is -3.41. The number of benzene rings is 2. The summed E-state index contributed by atoms with van der Waals surface area (Å²) >= 11 is 5.92. The van der Waals surface area contributed by atoms with Crippen LogP contribution in [0.3, 0.4) is 0 Å². The maximum Gasteiger partial charge on any atom is 0.241 e. The van der Waals surface area contributed by atoms with Crippen LogP contribution in [0.2, 0.25) is 5.02 Å². The van der Waals surface area contributed by atoms with Crippen molar-refractivity contribution in [2.45, 2.75) is 6.54 Å². The topological polar surface area (TPSA) is 98.3 Å². The van der Waals surface area contributed by atoms with Gasteiger partial charge in [0.1, 0.15) is 0 Å². The van der Waals surface area contributed by atoms with Gasteiger partial charge in [-0.25, -0.2) is 0 Å². The lowest BCUT2D eigenvalue weighted by Gasteiger charge is -2.34. The predicted octanol–water partition coefficient (Wildman–Crippen LogP) is 3.02. The SMILES string of the molecule is N#Cc1ccc(NCC(=O)N2CCN(Cc3nc(-c4ccc(Cl)cc4)no3)CC2)cc1. The number of halogens is 1. The predicted molar refractivity (Wildman–Crippen MR) is 116 cm³/mol. The zero-order valence-electron chi connectivity index (χ0n) is 16.8. The van der Waals surface area contributed by atoms with Crippen molar-refractivity contribution in [2.24, 2.45) is 0 Å². The van der Waals surface area contributed by atoms with Gasteiger partial charge in [-0.15, -0.1) is 0 Å². The third kappa shape index (κ3) is 5.40. The summed E-state index contributed by atoms with van der Waals surface area (Å²) in [6.45, 7) is 3.53. The highest BCUT2D eigenvalue weighted by molar-refractivity contribution is 6.30. The quantitative estimate of drug-likeness (QED) is 0.634. The molecule has 0 saturated carbocycles. The van der Waals surface area contributed by atoms with Crippen molar-refractivity contribution >= 4 is 23.2 Å². The zero-order chi connectivity index (χ0) is 21.6. The smallest absolute Gasteiger partial charge is 0.241 e. The minimum absolute atomic E-state index is 0.0480. The number of anilines is 1. The number of hydrogen-bond acceptors (Lipinski definition) is 7. The molecule has 1 aliphatic rings. The second kappa shape index (κ2) is 9.60. The summed E-state index contributed by atoms with van der Waals surface area (Å²) in [6.07, 6.45) is 0.